The summed E-state index contributed by atoms with van der Waals surface area (Å²) in [7, 11) is 0. The van der Waals surface area contributed by atoms with E-state index in [-0.39, 0.29) is 37.9 Å². The third-order valence-electron chi connectivity index (χ3n) is 2.18. The van der Waals surface area contributed by atoms with Gasteiger partial charge in [-0.2, -0.15) is 0 Å². The molecule has 0 aliphatic carbocycles. The van der Waals surface area contributed by atoms with Gasteiger partial charge in [0.2, 0.25) is 0 Å². The molecule has 0 amide bonds. The van der Waals surface area contributed by atoms with Crippen LogP contribution in [-0.4, -0.2) is 71.2 Å². The van der Waals surface area contributed by atoms with E-state index < -0.39 is 11.9 Å². The van der Waals surface area contributed by atoms with Gasteiger partial charge < -0.3 is 10.2 Å². The van der Waals surface area contributed by atoms with Gasteiger partial charge in [-0.1, -0.05) is 0 Å². The smallest absolute Gasteiger partial charge is 0.317 e. The SMILES string of the molecule is Cl.Cl.O=C(O)CN1CCN(CC(=O)O)CC1. The van der Waals surface area contributed by atoms with Gasteiger partial charge in [-0.25, -0.2) is 0 Å². The van der Waals surface area contributed by atoms with Crippen molar-refractivity contribution >= 4 is 36.8 Å². The molecule has 0 aromatic carbocycles. The number of aliphatic carboxylic acids is 2. The third-order valence-corrected chi connectivity index (χ3v) is 2.18. The second kappa shape index (κ2) is 8.58. The van der Waals surface area contributed by atoms with Gasteiger partial charge in [0.25, 0.3) is 0 Å². The van der Waals surface area contributed by atoms with Crippen molar-refractivity contribution < 1.29 is 19.8 Å². The van der Waals surface area contributed by atoms with Crippen LogP contribution in [0.2, 0.25) is 0 Å². The molecular weight excluding hydrogens is 259 g/mol. The van der Waals surface area contributed by atoms with E-state index in [9.17, 15) is 9.59 Å². The van der Waals surface area contributed by atoms with E-state index in [1.807, 2.05) is 0 Å². The number of piperazine rings is 1. The van der Waals surface area contributed by atoms with Crippen LogP contribution < -0.4 is 0 Å². The monoisotopic (exact) mass is 274 g/mol. The Morgan fingerprint density at radius 2 is 1.06 bits per heavy atom. The minimum absolute atomic E-state index is 0. The zero-order valence-corrected chi connectivity index (χ0v) is 10.3. The maximum atomic E-state index is 10.4. The Kier molecular flexibility index (Phi) is 9.55. The van der Waals surface area contributed by atoms with Crippen molar-refractivity contribution in [3.8, 4) is 0 Å². The predicted molar refractivity (Wildman–Crippen MR) is 62.6 cm³/mol. The average Bonchev–Trinajstić information content (AvgIpc) is 2.06. The first kappa shape index (κ1) is 17.8. The molecule has 16 heavy (non-hydrogen) atoms. The molecule has 0 unspecified atom stereocenters. The van der Waals surface area contributed by atoms with Crippen molar-refractivity contribution in [3.05, 3.63) is 0 Å². The Labute approximate surface area is 106 Å². The number of rotatable bonds is 4. The predicted octanol–water partition coefficient (Wildman–Crippen LogP) is -0.383. The minimum Gasteiger partial charge on any atom is -0.480 e. The first-order valence-corrected chi connectivity index (χ1v) is 4.46. The topological polar surface area (TPSA) is 81.1 Å². The molecule has 0 radical (unpaired) electrons. The van der Waals surface area contributed by atoms with Crippen LogP contribution in [0.4, 0.5) is 0 Å². The summed E-state index contributed by atoms with van der Waals surface area (Å²) in [5.41, 5.74) is 0. The summed E-state index contributed by atoms with van der Waals surface area (Å²) in [6.07, 6.45) is 0. The van der Waals surface area contributed by atoms with Gasteiger partial charge in [0.05, 0.1) is 13.1 Å². The van der Waals surface area contributed by atoms with Crippen LogP contribution in [0.5, 0.6) is 0 Å². The molecule has 6 nitrogen and oxygen atoms in total. The van der Waals surface area contributed by atoms with Gasteiger partial charge in [-0.3, -0.25) is 19.4 Å². The molecule has 1 saturated heterocycles. The molecule has 0 atom stereocenters. The molecular formula is C8H16Cl2N2O4. The lowest BCUT2D eigenvalue weighted by Gasteiger charge is -2.32. The molecule has 1 aliphatic rings. The fourth-order valence-electron chi connectivity index (χ4n) is 1.49. The number of hydrogen-bond donors (Lipinski definition) is 2. The highest BCUT2D eigenvalue weighted by molar-refractivity contribution is 5.85. The van der Waals surface area contributed by atoms with Gasteiger partial charge >= 0.3 is 11.9 Å². The number of hydrogen-bond acceptors (Lipinski definition) is 4. The highest BCUT2D eigenvalue weighted by Crippen LogP contribution is 2.00. The molecule has 0 aromatic heterocycles. The van der Waals surface area contributed by atoms with Gasteiger partial charge in [-0.05, 0) is 0 Å². The van der Waals surface area contributed by atoms with E-state index in [4.69, 9.17) is 10.2 Å². The van der Waals surface area contributed by atoms with Crippen LogP contribution in [0.3, 0.4) is 0 Å². The summed E-state index contributed by atoms with van der Waals surface area (Å²) in [6, 6.07) is 0. The summed E-state index contributed by atoms with van der Waals surface area (Å²) in [5.74, 6) is -1.67. The van der Waals surface area contributed by atoms with Crippen LogP contribution in [0, 0.1) is 0 Å². The molecule has 1 aliphatic heterocycles. The van der Waals surface area contributed by atoms with E-state index in [1.165, 1.54) is 0 Å². The highest BCUT2D eigenvalue weighted by atomic mass is 35.5. The van der Waals surface area contributed by atoms with Crippen LogP contribution in [0.15, 0.2) is 0 Å². The van der Waals surface area contributed by atoms with Gasteiger partial charge in [0, 0.05) is 26.2 Å². The van der Waals surface area contributed by atoms with Crippen molar-refractivity contribution in [1.82, 2.24) is 9.80 Å². The van der Waals surface area contributed by atoms with Crippen LogP contribution in [0.25, 0.3) is 0 Å². The van der Waals surface area contributed by atoms with E-state index in [0.29, 0.717) is 26.2 Å². The van der Waals surface area contributed by atoms with Crippen LogP contribution >= 0.6 is 24.8 Å². The number of halogens is 2. The first-order chi connectivity index (χ1) is 6.58. The fraction of sp³-hybridized carbons (Fsp3) is 0.750. The standard InChI is InChI=1S/C8H14N2O4.2ClH/c11-7(12)5-9-1-2-10(4-3-9)6-8(13)14;;/h1-6H2,(H,11,12)(H,13,14);2*1H. The molecule has 0 bridgehead atoms. The van der Waals surface area contributed by atoms with Crippen molar-refractivity contribution in [2.24, 2.45) is 0 Å². The summed E-state index contributed by atoms with van der Waals surface area (Å²) in [4.78, 5) is 24.4. The molecule has 1 fully saturated rings. The Hall–Kier alpha value is -0.560. The van der Waals surface area contributed by atoms with Gasteiger partial charge in [0.1, 0.15) is 0 Å². The van der Waals surface area contributed by atoms with Gasteiger partial charge in [0.15, 0.2) is 0 Å². The lowest BCUT2D eigenvalue weighted by molar-refractivity contribution is -0.141. The van der Waals surface area contributed by atoms with E-state index in [2.05, 4.69) is 0 Å². The summed E-state index contributed by atoms with van der Waals surface area (Å²) >= 11 is 0. The zero-order chi connectivity index (χ0) is 10.6. The van der Waals surface area contributed by atoms with Gasteiger partial charge in [-0.15, -0.1) is 24.8 Å². The summed E-state index contributed by atoms with van der Waals surface area (Å²) < 4.78 is 0. The number of nitrogens with zero attached hydrogens (tertiary/aromatic N) is 2. The Morgan fingerprint density at radius 1 is 0.812 bits per heavy atom. The summed E-state index contributed by atoms with van der Waals surface area (Å²) in [6.45, 7) is 2.58. The molecule has 1 heterocycles. The second-order valence-electron chi connectivity index (χ2n) is 3.34. The van der Waals surface area contributed by atoms with E-state index in [0.717, 1.165) is 0 Å². The second-order valence-corrected chi connectivity index (χ2v) is 3.34. The summed E-state index contributed by atoms with van der Waals surface area (Å²) in [5, 5.41) is 17.1. The molecule has 1 rings (SSSR count). The lowest BCUT2D eigenvalue weighted by Crippen LogP contribution is -2.49. The Bertz CT molecular complexity index is 208. The van der Waals surface area contributed by atoms with E-state index in [1.54, 1.807) is 9.80 Å². The number of carboxylic acids is 2. The van der Waals surface area contributed by atoms with Crippen molar-refractivity contribution in [2.45, 2.75) is 0 Å². The first-order valence-electron chi connectivity index (χ1n) is 4.46. The number of carbonyl (C=O) groups is 2. The molecule has 0 spiro atoms. The maximum absolute atomic E-state index is 10.4. The Morgan fingerprint density at radius 3 is 1.25 bits per heavy atom. The zero-order valence-electron chi connectivity index (χ0n) is 8.66. The minimum atomic E-state index is -0.836. The molecule has 0 saturated carbocycles. The molecule has 0 aromatic rings. The number of carboxylic acid groups (broad SMARTS) is 2. The Balaban J connectivity index is 0. The van der Waals surface area contributed by atoms with Crippen molar-refractivity contribution in [1.29, 1.82) is 0 Å². The third kappa shape index (κ3) is 6.84. The lowest BCUT2D eigenvalue weighted by atomic mass is 10.3. The van der Waals surface area contributed by atoms with Crippen molar-refractivity contribution in [3.63, 3.8) is 0 Å². The normalized spacial score (nSPS) is 17.0. The van der Waals surface area contributed by atoms with Crippen molar-refractivity contribution in [2.75, 3.05) is 39.3 Å². The molecule has 8 heteroatoms. The van der Waals surface area contributed by atoms with Crippen LogP contribution in [0.1, 0.15) is 0 Å². The quantitative estimate of drug-likeness (QED) is 0.727. The van der Waals surface area contributed by atoms with E-state index >= 15 is 0 Å². The average molecular weight is 275 g/mol. The van der Waals surface area contributed by atoms with Crippen LogP contribution in [-0.2, 0) is 9.59 Å². The fourth-order valence-corrected chi connectivity index (χ4v) is 1.49. The maximum Gasteiger partial charge on any atom is 0.317 e. The molecule has 2 N–H and O–H groups in total. The largest absolute Gasteiger partial charge is 0.480 e. The molecule has 96 valence electrons. The highest BCUT2D eigenvalue weighted by Gasteiger charge is 2.19.